The van der Waals surface area contributed by atoms with Crippen LogP contribution in [0.1, 0.15) is 44.2 Å². The Kier molecular flexibility index (Phi) is 8.34. The minimum atomic E-state index is -4.32. The van der Waals surface area contributed by atoms with E-state index in [0.717, 1.165) is 5.56 Å². The number of amides is 1. The van der Waals surface area contributed by atoms with Crippen LogP contribution in [-0.4, -0.2) is 59.1 Å². The minimum Gasteiger partial charge on any atom is -0.481 e. The number of halogens is 4. The molecule has 5 nitrogen and oxygen atoms in total. The lowest BCUT2D eigenvalue weighted by molar-refractivity contribution is -0.152. The third kappa shape index (κ3) is 7.19. The van der Waals surface area contributed by atoms with Crippen LogP contribution in [0.3, 0.4) is 0 Å². The Balaban J connectivity index is 2.19. The number of carbonyl (C=O) groups is 2. The number of benzene rings is 1. The Bertz CT molecular complexity index is 697. The molecule has 1 saturated heterocycles. The lowest BCUT2D eigenvalue weighted by Gasteiger charge is -2.40. The summed E-state index contributed by atoms with van der Waals surface area (Å²) in [6, 6.07) is 6.69. The molecule has 2 rings (SSSR count). The highest BCUT2D eigenvalue weighted by Crippen LogP contribution is 2.36. The monoisotopic (exact) mass is 434 g/mol. The van der Waals surface area contributed by atoms with Crippen molar-refractivity contribution < 1.29 is 27.9 Å². The van der Waals surface area contributed by atoms with Gasteiger partial charge in [0.2, 0.25) is 5.91 Å². The van der Waals surface area contributed by atoms with Crippen LogP contribution in [0.2, 0.25) is 5.02 Å². The number of rotatable bonds is 9. The average Bonchev–Trinajstić information content (AvgIpc) is 2.61. The SMILES string of the molecule is CCCN(CCN1C(=O)C(CC(=O)O)CC[C@H]1c1ccc(Cl)cc1)CC(F)(F)F. The van der Waals surface area contributed by atoms with E-state index in [0.29, 0.717) is 24.3 Å². The number of carbonyl (C=O) groups excluding carboxylic acids is 1. The molecule has 1 N–H and O–H groups in total. The highest BCUT2D eigenvalue weighted by molar-refractivity contribution is 6.30. The van der Waals surface area contributed by atoms with Crippen molar-refractivity contribution in [3.8, 4) is 0 Å². The number of alkyl halides is 3. The zero-order chi connectivity index (χ0) is 21.6. The number of piperidine rings is 1. The third-order valence-electron chi connectivity index (χ3n) is 5.07. The van der Waals surface area contributed by atoms with Crippen LogP contribution in [0.15, 0.2) is 24.3 Å². The van der Waals surface area contributed by atoms with Gasteiger partial charge in [0.1, 0.15) is 0 Å². The van der Waals surface area contributed by atoms with Crippen molar-refractivity contribution in [2.24, 2.45) is 5.92 Å². The zero-order valence-corrected chi connectivity index (χ0v) is 17.0. The van der Waals surface area contributed by atoms with Crippen molar-refractivity contribution in [3.05, 3.63) is 34.9 Å². The molecule has 1 unspecified atom stereocenters. The molecule has 162 valence electrons. The summed E-state index contributed by atoms with van der Waals surface area (Å²) >= 11 is 5.94. The Morgan fingerprint density at radius 3 is 2.45 bits per heavy atom. The molecule has 1 fully saturated rings. The molecule has 1 aromatic rings. The van der Waals surface area contributed by atoms with Gasteiger partial charge in [-0.3, -0.25) is 14.5 Å². The van der Waals surface area contributed by atoms with Crippen LogP contribution in [-0.2, 0) is 9.59 Å². The number of aliphatic carboxylic acids is 1. The molecule has 2 atom stereocenters. The van der Waals surface area contributed by atoms with Gasteiger partial charge < -0.3 is 10.0 Å². The lowest BCUT2D eigenvalue weighted by Crippen LogP contribution is -2.48. The quantitative estimate of drug-likeness (QED) is 0.627. The van der Waals surface area contributed by atoms with Gasteiger partial charge in [-0.25, -0.2) is 0 Å². The summed E-state index contributed by atoms with van der Waals surface area (Å²) < 4.78 is 38.6. The Hall–Kier alpha value is -1.80. The van der Waals surface area contributed by atoms with Crippen molar-refractivity contribution in [2.75, 3.05) is 26.2 Å². The highest BCUT2D eigenvalue weighted by atomic mass is 35.5. The molecule has 0 aromatic heterocycles. The van der Waals surface area contributed by atoms with E-state index in [2.05, 4.69) is 0 Å². The van der Waals surface area contributed by atoms with E-state index in [9.17, 15) is 22.8 Å². The van der Waals surface area contributed by atoms with Crippen LogP contribution >= 0.6 is 11.6 Å². The summed E-state index contributed by atoms with van der Waals surface area (Å²) in [5.41, 5.74) is 0.842. The summed E-state index contributed by atoms with van der Waals surface area (Å²) in [5, 5.41) is 9.63. The predicted octanol–water partition coefficient (Wildman–Crippen LogP) is 4.37. The van der Waals surface area contributed by atoms with Gasteiger partial charge in [-0.05, 0) is 43.5 Å². The number of hydrogen-bond donors (Lipinski definition) is 1. The molecule has 0 radical (unpaired) electrons. The largest absolute Gasteiger partial charge is 0.481 e. The molecular formula is C20H26ClF3N2O3. The maximum Gasteiger partial charge on any atom is 0.401 e. The summed E-state index contributed by atoms with van der Waals surface area (Å²) in [5.74, 6) is -2.03. The van der Waals surface area contributed by atoms with Gasteiger partial charge in [0.05, 0.1) is 19.0 Å². The van der Waals surface area contributed by atoms with E-state index >= 15 is 0 Å². The van der Waals surface area contributed by atoms with E-state index in [-0.39, 0.29) is 38.0 Å². The van der Waals surface area contributed by atoms with Gasteiger partial charge in [0.25, 0.3) is 0 Å². The minimum absolute atomic E-state index is 0.0724. The first-order valence-corrected chi connectivity index (χ1v) is 10.1. The smallest absolute Gasteiger partial charge is 0.401 e. The second-order valence-corrected chi connectivity index (χ2v) is 7.80. The topological polar surface area (TPSA) is 60.9 Å². The molecule has 29 heavy (non-hydrogen) atoms. The summed E-state index contributed by atoms with van der Waals surface area (Å²) in [6.45, 7) is 1.22. The van der Waals surface area contributed by atoms with Crippen molar-refractivity contribution in [1.82, 2.24) is 9.80 Å². The number of carboxylic acid groups (broad SMARTS) is 1. The average molecular weight is 435 g/mol. The molecule has 1 aliphatic heterocycles. The Labute approximate surface area is 173 Å². The molecular weight excluding hydrogens is 409 g/mol. The molecule has 0 aliphatic carbocycles. The first-order valence-electron chi connectivity index (χ1n) is 9.67. The second kappa shape index (κ2) is 10.3. The van der Waals surface area contributed by atoms with Crippen molar-refractivity contribution in [2.45, 2.75) is 44.8 Å². The van der Waals surface area contributed by atoms with Crippen LogP contribution in [0.25, 0.3) is 0 Å². The van der Waals surface area contributed by atoms with Gasteiger partial charge in [-0.15, -0.1) is 0 Å². The van der Waals surface area contributed by atoms with Gasteiger partial charge in [0.15, 0.2) is 0 Å². The standard InChI is InChI=1S/C20H26ClF3N2O3/c1-2-9-25(13-20(22,23)24)10-11-26-17(14-3-6-16(21)7-4-14)8-5-15(19(26)29)12-18(27)28/h3-4,6-7,15,17H,2,5,8-13H2,1H3,(H,27,28)/t15?,17-/m0/s1. The van der Waals surface area contributed by atoms with E-state index in [4.69, 9.17) is 16.7 Å². The number of nitrogens with zero attached hydrogens (tertiary/aromatic N) is 2. The number of likely N-dealkylation sites (tertiary alicyclic amines) is 1. The van der Waals surface area contributed by atoms with Crippen molar-refractivity contribution in [3.63, 3.8) is 0 Å². The number of carboxylic acids is 1. The first-order chi connectivity index (χ1) is 13.6. The predicted molar refractivity (Wildman–Crippen MR) is 104 cm³/mol. The fourth-order valence-corrected chi connectivity index (χ4v) is 3.94. The van der Waals surface area contributed by atoms with Gasteiger partial charge in [-0.2, -0.15) is 13.2 Å². The van der Waals surface area contributed by atoms with Gasteiger partial charge >= 0.3 is 12.1 Å². The summed E-state index contributed by atoms with van der Waals surface area (Å²) in [6.07, 6.45) is -3.05. The van der Waals surface area contributed by atoms with Crippen LogP contribution in [0.4, 0.5) is 13.2 Å². The van der Waals surface area contributed by atoms with Crippen molar-refractivity contribution in [1.29, 1.82) is 0 Å². The van der Waals surface area contributed by atoms with Gasteiger partial charge in [-0.1, -0.05) is 30.7 Å². The first kappa shape index (κ1) is 23.5. The maximum absolute atomic E-state index is 13.0. The zero-order valence-electron chi connectivity index (χ0n) is 16.3. The van der Waals surface area contributed by atoms with E-state index in [1.807, 2.05) is 0 Å². The molecule has 1 aromatic carbocycles. The Morgan fingerprint density at radius 2 is 1.90 bits per heavy atom. The van der Waals surface area contributed by atoms with E-state index in [1.165, 1.54) is 4.90 Å². The Morgan fingerprint density at radius 1 is 1.24 bits per heavy atom. The molecule has 0 bridgehead atoms. The lowest BCUT2D eigenvalue weighted by atomic mass is 9.86. The molecule has 9 heteroatoms. The van der Waals surface area contributed by atoms with Crippen LogP contribution in [0.5, 0.6) is 0 Å². The maximum atomic E-state index is 13.0. The third-order valence-corrected chi connectivity index (χ3v) is 5.32. The molecule has 1 aliphatic rings. The fourth-order valence-electron chi connectivity index (χ4n) is 3.81. The molecule has 0 spiro atoms. The molecule has 1 amide bonds. The summed E-state index contributed by atoms with van der Waals surface area (Å²) in [7, 11) is 0. The normalized spacial score (nSPS) is 20.3. The summed E-state index contributed by atoms with van der Waals surface area (Å²) in [4.78, 5) is 26.9. The van der Waals surface area contributed by atoms with Crippen molar-refractivity contribution >= 4 is 23.5 Å². The van der Waals surface area contributed by atoms with E-state index in [1.54, 1.807) is 36.1 Å². The van der Waals surface area contributed by atoms with Crippen LogP contribution < -0.4 is 0 Å². The fraction of sp³-hybridized carbons (Fsp3) is 0.600. The second-order valence-electron chi connectivity index (χ2n) is 7.36. The van der Waals surface area contributed by atoms with Crippen LogP contribution in [0, 0.1) is 5.92 Å². The number of hydrogen-bond acceptors (Lipinski definition) is 3. The van der Waals surface area contributed by atoms with E-state index < -0.39 is 24.6 Å². The highest BCUT2D eigenvalue weighted by Gasteiger charge is 2.37. The van der Waals surface area contributed by atoms with Gasteiger partial charge in [0, 0.05) is 24.0 Å². The molecule has 1 heterocycles. The molecule has 0 saturated carbocycles.